The second kappa shape index (κ2) is 13.3. The molecule has 2 saturated heterocycles. The fourth-order valence-electron chi connectivity index (χ4n) is 10.4. The Bertz CT molecular complexity index is 2030. The number of carbonyl (C=O) groups excluding carboxylic acids is 2. The molecule has 2 fully saturated rings. The van der Waals surface area contributed by atoms with E-state index in [1.54, 1.807) is 0 Å². The van der Waals surface area contributed by atoms with Crippen molar-refractivity contribution in [3.63, 3.8) is 0 Å². The first-order valence-corrected chi connectivity index (χ1v) is 19.9. The second-order valence-corrected chi connectivity index (χ2v) is 16.1. The summed E-state index contributed by atoms with van der Waals surface area (Å²) in [6, 6.07) is 15.9. The van der Waals surface area contributed by atoms with Crippen LogP contribution in [0.2, 0.25) is 0 Å². The van der Waals surface area contributed by atoms with Crippen molar-refractivity contribution >= 4 is 12.1 Å². The molecule has 292 valence electrons. The summed E-state index contributed by atoms with van der Waals surface area (Å²) in [7, 11) is 0. The zero-order valence-corrected chi connectivity index (χ0v) is 33.9. The third-order valence-corrected chi connectivity index (χ3v) is 14.0. The summed E-state index contributed by atoms with van der Waals surface area (Å²) in [4.78, 5) is 39.9. The van der Waals surface area contributed by atoms with E-state index >= 15 is 9.59 Å². The summed E-state index contributed by atoms with van der Waals surface area (Å²) >= 11 is 0. The molecule has 0 aliphatic carbocycles. The normalized spacial score (nSPS) is 23.2. The molecule has 56 heavy (non-hydrogen) atoms. The molecule has 10 nitrogen and oxygen atoms in total. The molecule has 10 heteroatoms. The Morgan fingerprint density at radius 1 is 0.393 bits per heavy atom. The molecular weight excluding hydrogens is 705 g/mol. The van der Waals surface area contributed by atoms with Crippen LogP contribution in [0, 0.1) is 55.4 Å². The van der Waals surface area contributed by atoms with Gasteiger partial charge in [-0.2, -0.15) is 0 Å². The van der Waals surface area contributed by atoms with Gasteiger partial charge in [0.05, 0.1) is 52.6 Å². The van der Waals surface area contributed by atoms with E-state index in [-0.39, 0.29) is 12.1 Å². The molecule has 7 heterocycles. The van der Waals surface area contributed by atoms with Crippen LogP contribution in [0.5, 0.6) is 11.5 Å². The first-order valence-electron chi connectivity index (χ1n) is 19.9. The topological polar surface area (TPSA) is 84.0 Å². The van der Waals surface area contributed by atoms with Gasteiger partial charge in [-0.25, -0.2) is 9.59 Å². The molecule has 7 aliphatic heterocycles. The fraction of sp³-hybridized carbons (Fsp3) is 0.435. The van der Waals surface area contributed by atoms with Crippen LogP contribution in [0.3, 0.4) is 0 Å². The van der Waals surface area contributed by atoms with Gasteiger partial charge >= 0.3 is 12.1 Å². The summed E-state index contributed by atoms with van der Waals surface area (Å²) < 4.78 is 23.9. The molecule has 4 amide bonds. The lowest BCUT2D eigenvalue weighted by Crippen LogP contribution is -2.62. The Balaban J connectivity index is 1.36. The maximum Gasteiger partial charge on any atom is 0.325 e. The molecule has 0 radical (unpaired) electrons. The lowest BCUT2D eigenvalue weighted by atomic mass is 9.79. The summed E-state index contributed by atoms with van der Waals surface area (Å²) in [5.74, 6) is 1.38. The van der Waals surface area contributed by atoms with Crippen LogP contribution in [0.1, 0.15) is 77.9 Å². The Morgan fingerprint density at radius 2 is 0.661 bits per heavy atom. The van der Waals surface area contributed by atoms with Gasteiger partial charge in [-0.3, -0.25) is 19.6 Å². The second-order valence-electron chi connectivity index (χ2n) is 16.1. The maximum absolute atomic E-state index is 15.9. The van der Waals surface area contributed by atoms with Gasteiger partial charge < -0.3 is 18.9 Å². The highest BCUT2D eigenvalue weighted by atomic mass is 16.6. The Kier molecular flexibility index (Phi) is 8.67. The van der Waals surface area contributed by atoms with Gasteiger partial charge in [0.1, 0.15) is 24.7 Å². The standard InChI is InChI=1S/C46H52N4O6/c1-27-28(2)32(6)40-24-48-44(52)50-26-42-34(8)30(4)29(3)33(7)41(42)25-49-43(51)47(23-39(40)31(27)5)45(48)35-9-13-37(14-10-35)55-21-19-53-17-18-54-20-22-56-38-15-11-36(12-16-38)46(45,49)50/h9-16H,17-26H2,1-8H3. The van der Waals surface area contributed by atoms with Crippen molar-refractivity contribution in [1.82, 2.24) is 19.6 Å². The minimum atomic E-state index is -1.27. The molecule has 2 spiro atoms. The summed E-state index contributed by atoms with van der Waals surface area (Å²) in [6.07, 6.45) is 0. The molecule has 0 N–H and O–H groups in total. The van der Waals surface area contributed by atoms with Crippen LogP contribution in [-0.4, -0.2) is 71.3 Å². The number of hydrogen-bond donors (Lipinski definition) is 0. The molecule has 7 aliphatic rings. The maximum atomic E-state index is 15.9. The molecule has 0 unspecified atom stereocenters. The zero-order chi connectivity index (χ0) is 39.3. The minimum Gasteiger partial charge on any atom is -0.491 e. The van der Waals surface area contributed by atoms with Gasteiger partial charge in [-0.15, -0.1) is 0 Å². The van der Waals surface area contributed by atoms with Crippen molar-refractivity contribution in [3.05, 3.63) is 126 Å². The zero-order valence-electron chi connectivity index (χ0n) is 33.9. The van der Waals surface area contributed by atoms with E-state index in [1.807, 2.05) is 43.9 Å². The molecule has 4 aromatic rings. The van der Waals surface area contributed by atoms with Crippen LogP contribution in [0.25, 0.3) is 0 Å². The number of benzene rings is 4. The fourth-order valence-corrected chi connectivity index (χ4v) is 10.4. The number of fused-ring (bicyclic) bond motifs is 4. The monoisotopic (exact) mass is 756 g/mol. The van der Waals surface area contributed by atoms with Crippen molar-refractivity contribution < 1.29 is 28.5 Å². The van der Waals surface area contributed by atoms with Crippen LogP contribution < -0.4 is 9.47 Å². The van der Waals surface area contributed by atoms with Crippen molar-refractivity contribution in [3.8, 4) is 11.5 Å². The SMILES string of the molecule is Cc1c(C)c(C)c2c(c1C)CN1C(=O)N3Cc4c(C)c(C)c(C)c(C)c4CN4C(=O)N(C2)C12c1ccc(cc1)OCCOCCOCCOc1ccc(cc1)C342. The lowest BCUT2D eigenvalue weighted by Gasteiger charge is -2.49. The molecule has 11 rings (SSSR count). The summed E-state index contributed by atoms with van der Waals surface area (Å²) in [6.45, 7) is 21.3. The van der Waals surface area contributed by atoms with Crippen molar-refractivity contribution in [1.29, 1.82) is 0 Å². The van der Waals surface area contributed by atoms with E-state index in [0.717, 1.165) is 33.4 Å². The average molecular weight is 757 g/mol. The van der Waals surface area contributed by atoms with Crippen LogP contribution >= 0.6 is 0 Å². The van der Waals surface area contributed by atoms with Crippen molar-refractivity contribution in [2.24, 2.45) is 0 Å². The van der Waals surface area contributed by atoms with E-state index in [9.17, 15) is 0 Å². The number of rotatable bonds is 0. The quantitative estimate of drug-likeness (QED) is 0.182. The molecule has 0 atom stereocenters. The van der Waals surface area contributed by atoms with Crippen LogP contribution in [-0.2, 0) is 47.0 Å². The van der Waals surface area contributed by atoms with E-state index in [2.05, 4.69) is 79.7 Å². The van der Waals surface area contributed by atoms with Gasteiger partial charge in [0.25, 0.3) is 0 Å². The van der Waals surface area contributed by atoms with Crippen molar-refractivity contribution in [2.75, 3.05) is 39.6 Å². The van der Waals surface area contributed by atoms with Gasteiger partial charge in [0.2, 0.25) is 0 Å². The van der Waals surface area contributed by atoms with E-state index < -0.39 is 11.3 Å². The number of nitrogens with zero attached hydrogens (tertiary/aromatic N) is 4. The highest BCUT2D eigenvalue weighted by molar-refractivity contribution is 5.91. The molecule has 4 bridgehead atoms. The Labute approximate surface area is 329 Å². The Morgan fingerprint density at radius 3 is 0.946 bits per heavy atom. The van der Waals surface area contributed by atoms with Gasteiger partial charge in [0, 0.05) is 11.1 Å². The number of urea groups is 2. The minimum absolute atomic E-state index is 0.105. The van der Waals surface area contributed by atoms with Crippen LogP contribution in [0.15, 0.2) is 48.5 Å². The summed E-state index contributed by atoms with van der Waals surface area (Å²) in [5.41, 5.74) is 13.2. The third kappa shape index (κ3) is 4.81. The Hall–Kier alpha value is -5.06. The summed E-state index contributed by atoms with van der Waals surface area (Å²) in [5, 5.41) is 0. The number of amides is 4. The van der Waals surface area contributed by atoms with E-state index in [0.29, 0.717) is 77.3 Å². The highest BCUT2D eigenvalue weighted by Crippen LogP contribution is 2.66. The van der Waals surface area contributed by atoms with Gasteiger partial charge in [0.15, 0.2) is 11.3 Å². The van der Waals surface area contributed by atoms with Gasteiger partial charge in [-0.05, 0) is 146 Å². The molecule has 4 aromatic carbocycles. The smallest absolute Gasteiger partial charge is 0.325 e. The molecule has 0 saturated carbocycles. The van der Waals surface area contributed by atoms with Crippen molar-refractivity contribution in [2.45, 2.75) is 92.9 Å². The third-order valence-electron chi connectivity index (χ3n) is 14.0. The highest BCUT2D eigenvalue weighted by Gasteiger charge is 2.80. The first kappa shape index (κ1) is 36.6. The first-order chi connectivity index (χ1) is 26.9. The molecule has 0 aromatic heterocycles. The predicted octanol–water partition coefficient (Wildman–Crippen LogP) is 7.87. The molecular formula is C46H52N4O6. The lowest BCUT2D eigenvalue weighted by molar-refractivity contribution is -0.0794. The average Bonchev–Trinajstić information content (AvgIpc) is 3.36. The van der Waals surface area contributed by atoms with E-state index in [4.69, 9.17) is 18.9 Å². The van der Waals surface area contributed by atoms with E-state index in [1.165, 1.54) is 44.5 Å². The number of ether oxygens (including phenoxy) is 4. The largest absolute Gasteiger partial charge is 0.491 e. The number of hydrogen-bond acceptors (Lipinski definition) is 6. The predicted molar refractivity (Wildman–Crippen MR) is 213 cm³/mol. The number of carbonyl (C=O) groups is 2. The van der Waals surface area contributed by atoms with Crippen LogP contribution in [0.4, 0.5) is 9.59 Å². The van der Waals surface area contributed by atoms with Gasteiger partial charge in [-0.1, -0.05) is 24.3 Å².